The molecule has 0 aliphatic heterocycles. The summed E-state index contributed by atoms with van der Waals surface area (Å²) in [5, 5.41) is 9.58. The first-order valence-corrected chi connectivity index (χ1v) is 9.38. The molecular formula is C21H29NO. The minimum Gasteiger partial charge on any atom is -0.501 e. The molecule has 124 valence electrons. The Morgan fingerprint density at radius 1 is 1.17 bits per heavy atom. The second-order valence-electron chi connectivity index (χ2n) is 8.81. The molecule has 23 heavy (non-hydrogen) atoms. The van der Waals surface area contributed by atoms with E-state index in [1.54, 1.807) is 7.11 Å². The van der Waals surface area contributed by atoms with Crippen molar-refractivity contribution in [3.8, 4) is 6.07 Å². The highest BCUT2D eigenvalue weighted by atomic mass is 16.5. The van der Waals surface area contributed by atoms with Crippen molar-refractivity contribution < 1.29 is 4.74 Å². The van der Waals surface area contributed by atoms with E-state index in [-0.39, 0.29) is 11.3 Å². The quantitative estimate of drug-likeness (QED) is 0.664. The van der Waals surface area contributed by atoms with Crippen LogP contribution in [0.5, 0.6) is 0 Å². The largest absolute Gasteiger partial charge is 0.501 e. The van der Waals surface area contributed by atoms with Crippen molar-refractivity contribution in [3.05, 3.63) is 23.5 Å². The maximum atomic E-state index is 9.58. The van der Waals surface area contributed by atoms with Gasteiger partial charge in [-0.2, -0.15) is 5.26 Å². The van der Waals surface area contributed by atoms with E-state index in [0.29, 0.717) is 5.41 Å². The van der Waals surface area contributed by atoms with Gasteiger partial charge in [-0.1, -0.05) is 19.9 Å². The molecule has 2 fully saturated rings. The lowest BCUT2D eigenvalue weighted by atomic mass is 9.48. The first-order valence-electron chi connectivity index (χ1n) is 9.38. The lowest BCUT2D eigenvalue weighted by Gasteiger charge is -2.56. The van der Waals surface area contributed by atoms with Crippen LogP contribution in [0.2, 0.25) is 0 Å². The number of rotatable bonds is 1. The average molecular weight is 311 g/mol. The molecule has 0 aromatic rings. The topological polar surface area (TPSA) is 33.0 Å². The second kappa shape index (κ2) is 5.13. The van der Waals surface area contributed by atoms with Gasteiger partial charge < -0.3 is 4.74 Å². The van der Waals surface area contributed by atoms with Crippen LogP contribution >= 0.6 is 0 Å². The smallest absolute Gasteiger partial charge is 0.0958 e. The standard InChI is InChI=1S/C21H29NO/c1-20-10-8-16(23-3)12-14(20)4-6-17-18-7-5-15(13-22)21(18,2)11-9-19(17)20/h4,12,15,17-19H,5-11H2,1-3H3. The van der Waals surface area contributed by atoms with E-state index in [0.717, 1.165) is 36.4 Å². The van der Waals surface area contributed by atoms with E-state index in [1.807, 2.05) is 0 Å². The Morgan fingerprint density at radius 2 is 2.00 bits per heavy atom. The van der Waals surface area contributed by atoms with Crippen molar-refractivity contribution in [3.63, 3.8) is 0 Å². The third-order valence-electron chi connectivity index (χ3n) is 8.15. The zero-order valence-corrected chi connectivity index (χ0v) is 14.8. The molecule has 0 aromatic heterocycles. The Kier molecular flexibility index (Phi) is 3.42. The third-order valence-corrected chi connectivity index (χ3v) is 8.15. The second-order valence-corrected chi connectivity index (χ2v) is 8.81. The number of fused-ring (bicyclic) bond motifs is 5. The van der Waals surface area contributed by atoms with E-state index < -0.39 is 0 Å². The van der Waals surface area contributed by atoms with Gasteiger partial charge >= 0.3 is 0 Å². The molecule has 2 heteroatoms. The molecule has 6 atom stereocenters. The van der Waals surface area contributed by atoms with Gasteiger partial charge in [-0.3, -0.25) is 0 Å². The van der Waals surface area contributed by atoms with Gasteiger partial charge in [0.15, 0.2) is 0 Å². The molecule has 0 aromatic carbocycles. The van der Waals surface area contributed by atoms with E-state index >= 15 is 0 Å². The van der Waals surface area contributed by atoms with E-state index in [2.05, 4.69) is 32.1 Å². The molecule has 0 N–H and O–H groups in total. The molecule has 2 saturated carbocycles. The summed E-state index contributed by atoms with van der Waals surface area (Å²) in [4.78, 5) is 0. The van der Waals surface area contributed by atoms with Gasteiger partial charge in [-0.25, -0.2) is 0 Å². The fourth-order valence-corrected chi connectivity index (χ4v) is 6.67. The van der Waals surface area contributed by atoms with Gasteiger partial charge in [0.2, 0.25) is 0 Å². The average Bonchev–Trinajstić information content (AvgIpc) is 2.90. The number of ether oxygens (including phenoxy) is 1. The summed E-state index contributed by atoms with van der Waals surface area (Å²) in [5.74, 6) is 3.79. The predicted molar refractivity (Wildman–Crippen MR) is 91.3 cm³/mol. The minimum absolute atomic E-state index is 0.278. The first-order chi connectivity index (χ1) is 11.0. The molecule has 4 aliphatic rings. The highest BCUT2D eigenvalue weighted by Gasteiger charge is 2.58. The van der Waals surface area contributed by atoms with E-state index in [9.17, 15) is 5.26 Å². The maximum Gasteiger partial charge on any atom is 0.0958 e. The lowest BCUT2D eigenvalue weighted by Crippen LogP contribution is -2.49. The summed E-state index contributed by atoms with van der Waals surface area (Å²) < 4.78 is 5.52. The Morgan fingerprint density at radius 3 is 2.74 bits per heavy atom. The predicted octanol–water partition coefficient (Wildman–Crippen LogP) is 5.23. The monoisotopic (exact) mass is 311 g/mol. The van der Waals surface area contributed by atoms with Crippen LogP contribution in [0, 0.1) is 45.8 Å². The summed E-state index contributed by atoms with van der Waals surface area (Å²) in [6, 6.07) is 2.64. The van der Waals surface area contributed by atoms with Gasteiger partial charge in [0.05, 0.1) is 24.9 Å². The normalized spacial score (nSPS) is 48.3. The Balaban J connectivity index is 1.69. The third kappa shape index (κ3) is 1.98. The summed E-state index contributed by atoms with van der Waals surface area (Å²) in [6.07, 6.45) is 13.3. The number of nitrogens with zero attached hydrogens (tertiary/aromatic N) is 1. The van der Waals surface area contributed by atoms with Crippen molar-refractivity contribution in [1.29, 1.82) is 5.26 Å². The highest BCUT2D eigenvalue weighted by molar-refractivity contribution is 5.35. The van der Waals surface area contributed by atoms with E-state index in [1.165, 1.54) is 37.7 Å². The molecular weight excluding hydrogens is 282 g/mol. The van der Waals surface area contributed by atoms with Crippen LogP contribution in [0.1, 0.15) is 58.8 Å². The SMILES string of the molecule is COC1=CC2=CCC3C(CCC4(C)C(C#N)CCC34)C2(C)CC1. The van der Waals surface area contributed by atoms with Crippen LogP contribution in [0.3, 0.4) is 0 Å². The number of hydrogen-bond acceptors (Lipinski definition) is 2. The molecule has 0 bridgehead atoms. The fraction of sp³-hybridized carbons (Fsp3) is 0.762. The van der Waals surface area contributed by atoms with Crippen LogP contribution < -0.4 is 0 Å². The number of hydrogen-bond donors (Lipinski definition) is 0. The van der Waals surface area contributed by atoms with Crippen LogP contribution in [0.4, 0.5) is 0 Å². The van der Waals surface area contributed by atoms with Crippen LogP contribution in [-0.2, 0) is 4.74 Å². The summed E-state index contributed by atoms with van der Waals surface area (Å²) in [5.41, 5.74) is 2.14. The summed E-state index contributed by atoms with van der Waals surface area (Å²) in [6.45, 7) is 4.91. The Bertz CT molecular complexity index is 612. The van der Waals surface area contributed by atoms with Gasteiger partial charge in [0, 0.05) is 6.42 Å². The van der Waals surface area contributed by atoms with Crippen molar-refractivity contribution in [2.45, 2.75) is 58.8 Å². The van der Waals surface area contributed by atoms with Gasteiger partial charge in [-0.05, 0) is 78.8 Å². The van der Waals surface area contributed by atoms with Crippen molar-refractivity contribution >= 4 is 0 Å². The molecule has 4 rings (SSSR count). The number of methoxy groups -OCH3 is 1. The number of nitriles is 1. The first kappa shape index (κ1) is 15.3. The molecule has 0 amide bonds. The zero-order valence-electron chi connectivity index (χ0n) is 14.8. The molecule has 0 radical (unpaired) electrons. The van der Waals surface area contributed by atoms with Crippen molar-refractivity contribution in [1.82, 2.24) is 0 Å². The zero-order chi connectivity index (χ0) is 16.2. The number of allylic oxidation sites excluding steroid dienone is 4. The van der Waals surface area contributed by atoms with Crippen LogP contribution in [0.25, 0.3) is 0 Å². The molecule has 0 heterocycles. The molecule has 0 spiro atoms. The lowest BCUT2D eigenvalue weighted by molar-refractivity contribution is -0.0294. The Hall–Kier alpha value is -1.23. The molecule has 2 nitrogen and oxygen atoms in total. The minimum atomic E-state index is 0.278. The maximum absolute atomic E-state index is 9.58. The molecule has 6 unspecified atom stereocenters. The van der Waals surface area contributed by atoms with Crippen LogP contribution in [-0.4, -0.2) is 7.11 Å². The van der Waals surface area contributed by atoms with Gasteiger partial charge in [-0.15, -0.1) is 0 Å². The fourth-order valence-electron chi connectivity index (χ4n) is 6.67. The van der Waals surface area contributed by atoms with Crippen molar-refractivity contribution in [2.24, 2.45) is 34.5 Å². The molecule has 0 saturated heterocycles. The van der Waals surface area contributed by atoms with Crippen LogP contribution in [0.15, 0.2) is 23.5 Å². The van der Waals surface area contributed by atoms with Gasteiger partial charge in [0.25, 0.3) is 0 Å². The van der Waals surface area contributed by atoms with E-state index in [4.69, 9.17) is 4.74 Å². The summed E-state index contributed by atoms with van der Waals surface area (Å²) >= 11 is 0. The molecule has 4 aliphatic carbocycles. The summed E-state index contributed by atoms with van der Waals surface area (Å²) in [7, 11) is 1.80. The van der Waals surface area contributed by atoms with Gasteiger partial charge in [0.1, 0.15) is 0 Å². The highest BCUT2D eigenvalue weighted by Crippen LogP contribution is 2.65. The van der Waals surface area contributed by atoms with Crippen molar-refractivity contribution in [2.75, 3.05) is 7.11 Å². The Labute approximate surface area is 140 Å².